The number of hydrogen-bond donors (Lipinski definition) is 0. The fourth-order valence-corrected chi connectivity index (χ4v) is 2.14. The maximum atomic E-state index is 10.8. The summed E-state index contributed by atoms with van der Waals surface area (Å²) in [6.45, 7) is 7.44. The van der Waals surface area contributed by atoms with Crippen molar-refractivity contribution in [3.05, 3.63) is 17.0 Å². The normalized spacial score (nSPS) is 20.1. The lowest BCUT2D eigenvalue weighted by molar-refractivity contribution is -0.140. The van der Waals surface area contributed by atoms with Crippen LogP contribution in [0.1, 0.15) is 44.2 Å². The van der Waals surface area contributed by atoms with Crippen LogP contribution in [-0.4, -0.2) is 16.8 Å². The number of aromatic nitrogens is 1. The summed E-state index contributed by atoms with van der Waals surface area (Å²) in [6.07, 6.45) is 1.57. The molecule has 0 saturated carbocycles. The van der Waals surface area contributed by atoms with Gasteiger partial charge in [0, 0.05) is 13.3 Å². The average Bonchev–Trinajstić information content (AvgIpc) is 2.54. The Morgan fingerprint density at radius 1 is 1.47 bits per heavy atom. The molecule has 17 heavy (non-hydrogen) atoms. The molecule has 0 amide bonds. The molecule has 2 rings (SSSR count). The van der Waals surface area contributed by atoms with Crippen molar-refractivity contribution in [1.29, 1.82) is 0 Å². The Kier molecular flexibility index (Phi) is 2.77. The van der Waals surface area contributed by atoms with Crippen molar-refractivity contribution in [3.63, 3.8) is 0 Å². The molecule has 0 aromatic carbocycles. The fourth-order valence-electron chi connectivity index (χ4n) is 2.14. The van der Waals surface area contributed by atoms with Gasteiger partial charge in [0.15, 0.2) is 0 Å². The van der Waals surface area contributed by atoms with E-state index in [4.69, 9.17) is 9.36 Å². The van der Waals surface area contributed by atoms with E-state index in [9.17, 15) is 4.79 Å². The standard InChI is InChI=1S/C12H16N2O3/c1-7-11-9(14-16-8(2)15)5-12(3,4)6-10(11)17-13-7/h5-6H2,1-4H3/b14-9-. The van der Waals surface area contributed by atoms with Gasteiger partial charge in [-0.2, -0.15) is 0 Å². The van der Waals surface area contributed by atoms with Gasteiger partial charge in [0.1, 0.15) is 5.76 Å². The van der Waals surface area contributed by atoms with Gasteiger partial charge in [-0.15, -0.1) is 0 Å². The first kappa shape index (κ1) is 11.8. The lowest BCUT2D eigenvalue weighted by atomic mass is 9.76. The lowest BCUT2D eigenvalue weighted by Gasteiger charge is -2.28. The molecule has 0 atom stereocenters. The smallest absolute Gasteiger partial charge is 0.331 e. The van der Waals surface area contributed by atoms with Gasteiger partial charge in [0.2, 0.25) is 0 Å². The summed E-state index contributed by atoms with van der Waals surface area (Å²) >= 11 is 0. The van der Waals surface area contributed by atoms with Crippen LogP contribution in [0.3, 0.4) is 0 Å². The van der Waals surface area contributed by atoms with Crippen LogP contribution in [0.25, 0.3) is 0 Å². The third kappa shape index (κ3) is 2.38. The summed E-state index contributed by atoms with van der Waals surface area (Å²) < 4.78 is 5.29. The van der Waals surface area contributed by atoms with Gasteiger partial charge in [0.25, 0.3) is 0 Å². The van der Waals surface area contributed by atoms with Crippen LogP contribution in [0.15, 0.2) is 9.68 Å². The van der Waals surface area contributed by atoms with E-state index >= 15 is 0 Å². The Balaban J connectivity index is 2.41. The second-order valence-corrected chi connectivity index (χ2v) is 5.20. The molecule has 1 aliphatic rings. The van der Waals surface area contributed by atoms with E-state index in [1.54, 1.807) is 0 Å². The van der Waals surface area contributed by atoms with Crippen molar-refractivity contribution in [1.82, 2.24) is 5.16 Å². The van der Waals surface area contributed by atoms with Gasteiger partial charge < -0.3 is 9.36 Å². The molecule has 0 aliphatic heterocycles. The molecule has 1 aliphatic carbocycles. The summed E-state index contributed by atoms with van der Waals surface area (Å²) in [5.41, 5.74) is 2.47. The van der Waals surface area contributed by atoms with E-state index in [2.05, 4.69) is 24.2 Å². The maximum absolute atomic E-state index is 10.8. The molecule has 1 aromatic rings. The van der Waals surface area contributed by atoms with Crippen LogP contribution >= 0.6 is 0 Å². The lowest BCUT2D eigenvalue weighted by Crippen LogP contribution is -2.27. The molecular weight excluding hydrogens is 220 g/mol. The van der Waals surface area contributed by atoms with Crippen LogP contribution in [0.5, 0.6) is 0 Å². The fraction of sp³-hybridized carbons (Fsp3) is 0.583. The molecule has 0 unspecified atom stereocenters. The first-order valence-electron chi connectivity index (χ1n) is 5.59. The number of rotatable bonds is 1. The Bertz CT molecular complexity index is 486. The highest BCUT2D eigenvalue weighted by atomic mass is 16.7. The molecule has 0 bridgehead atoms. The van der Waals surface area contributed by atoms with Gasteiger partial charge in [-0.3, -0.25) is 0 Å². The van der Waals surface area contributed by atoms with Gasteiger partial charge in [-0.25, -0.2) is 4.79 Å². The summed E-state index contributed by atoms with van der Waals surface area (Å²) in [7, 11) is 0. The van der Waals surface area contributed by atoms with E-state index in [-0.39, 0.29) is 5.41 Å². The molecule has 1 aromatic heterocycles. The van der Waals surface area contributed by atoms with E-state index in [1.807, 2.05) is 6.92 Å². The van der Waals surface area contributed by atoms with Gasteiger partial charge in [0.05, 0.1) is 17.0 Å². The summed E-state index contributed by atoms with van der Waals surface area (Å²) in [6, 6.07) is 0. The molecule has 1 heterocycles. The zero-order valence-corrected chi connectivity index (χ0v) is 10.5. The third-order valence-corrected chi connectivity index (χ3v) is 2.79. The number of aryl methyl sites for hydroxylation is 1. The van der Waals surface area contributed by atoms with Crippen LogP contribution in [0.2, 0.25) is 0 Å². The number of nitrogens with zero attached hydrogens (tertiary/aromatic N) is 2. The second kappa shape index (κ2) is 3.98. The highest BCUT2D eigenvalue weighted by molar-refractivity contribution is 6.03. The predicted octanol–water partition coefficient (Wildman–Crippen LogP) is 2.22. The molecule has 0 saturated heterocycles. The quantitative estimate of drug-likeness (QED) is 0.554. The Labute approximate surface area is 99.8 Å². The highest BCUT2D eigenvalue weighted by Gasteiger charge is 2.34. The maximum Gasteiger partial charge on any atom is 0.331 e. The van der Waals surface area contributed by atoms with E-state index in [1.165, 1.54) is 6.92 Å². The number of carbonyl (C=O) groups excluding carboxylic acids is 1. The number of carbonyl (C=O) groups is 1. The van der Waals surface area contributed by atoms with Crippen LogP contribution in [-0.2, 0) is 16.1 Å². The SMILES string of the molecule is CC(=O)O/N=C1/CC(C)(C)Cc2onc(C)c21. The van der Waals surface area contributed by atoms with E-state index in [0.29, 0.717) is 0 Å². The number of hydrogen-bond acceptors (Lipinski definition) is 5. The Hall–Kier alpha value is -1.65. The Morgan fingerprint density at radius 3 is 2.82 bits per heavy atom. The third-order valence-electron chi connectivity index (χ3n) is 2.79. The zero-order valence-electron chi connectivity index (χ0n) is 10.5. The molecule has 0 radical (unpaired) electrons. The zero-order chi connectivity index (χ0) is 12.6. The molecular formula is C12H16N2O3. The van der Waals surface area contributed by atoms with Crippen molar-refractivity contribution in [3.8, 4) is 0 Å². The average molecular weight is 236 g/mol. The minimum atomic E-state index is -0.420. The highest BCUT2D eigenvalue weighted by Crippen LogP contribution is 2.36. The molecule has 5 heteroatoms. The number of oxime groups is 1. The Morgan fingerprint density at radius 2 is 2.18 bits per heavy atom. The second-order valence-electron chi connectivity index (χ2n) is 5.20. The van der Waals surface area contributed by atoms with Crippen LogP contribution in [0, 0.1) is 12.3 Å². The number of fused-ring (bicyclic) bond motifs is 1. The molecule has 0 spiro atoms. The van der Waals surface area contributed by atoms with Crippen molar-refractivity contribution < 1.29 is 14.2 Å². The topological polar surface area (TPSA) is 64.7 Å². The van der Waals surface area contributed by atoms with Crippen molar-refractivity contribution in [2.24, 2.45) is 10.6 Å². The van der Waals surface area contributed by atoms with E-state index in [0.717, 1.165) is 35.6 Å². The van der Waals surface area contributed by atoms with Gasteiger partial charge >= 0.3 is 5.97 Å². The monoisotopic (exact) mass is 236 g/mol. The largest absolute Gasteiger partial charge is 0.360 e. The molecule has 5 nitrogen and oxygen atoms in total. The molecule has 0 fully saturated rings. The van der Waals surface area contributed by atoms with Crippen LogP contribution < -0.4 is 0 Å². The van der Waals surface area contributed by atoms with Crippen molar-refractivity contribution in [2.75, 3.05) is 0 Å². The first-order chi connectivity index (χ1) is 7.89. The minimum Gasteiger partial charge on any atom is -0.360 e. The summed E-state index contributed by atoms with van der Waals surface area (Å²) in [5.74, 6) is 0.404. The van der Waals surface area contributed by atoms with Crippen molar-refractivity contribution >= 4 is 11.7 Å². The van der Waals surface area contributed by atoms with Gasteiger partial charge in [-0.1, -0.05) is 24.2 Å². The van der Waals surface area contributed by atoms with E-state index < -0.39 is 5.97 Å². The minimum absolute atomic E-state index is 0.0396. The molecule has 92 valence electrons. The predicted molar refractivity (Wildman–Crippen MR) is 61.6 cm³/mol. The van der Waals surface area contributed by atoms with Crippen LogP contribution in [0.4, 0.5) is 0 Å². The molecule has 0 N–H and O–H groups in total. The summed E-state index contributed by atoms with van der Waals surface area (Å²) in [5, 5.41) is 7.86. The van der Waals surface area contributed by atoms with Gasteiger partial charge in [-0.05, 0) is 18.8 Å². The van der Waals surface area contributed by atoms with Crippen molar-refractivity contribution in [2.45, 2.75) is 40.5 Å². The summed E-state index contributed by atoms with van der Waals surface area (Å²) in [4.78, 5) is 15.6. The first-order valence-corrected chi connectivity index (χ1v) is 5.59.